The zero-order chi connectivity index (χ0) is 21.5. The Labute approximate surface area is 184 Å². The van der Waals surface area contributed by atoms with Gasteiger partial charge in [0.25, 0.3) is 5.91 Å². The van der Waals surface area contributed by atoms with E-state index in [0.29, 0.717) is 17.0 Å². The van der Waals surface area contributed by atoms with Gasteiger partial charge in [0.15, 0.2) is 5.76 Å². The van der Waals surface area contributed by atoms with Crippen LogP contribution in [0.15, 0.2) is 108 Å². The molecule has 0 radical (unpaired) electrons. The molecule has 0 bridgehead atoms. The van der Waals surface area contributed by atoms with Crippen molar-refractivity contribution in [1.82, 2.24) is 4.98 Å². The summed E-state index contributed by atoms with van der Waals surface area (Å²) in [5.41, 5.74) is 3.49. The number of rotatable bonds is 3. The topological polar surface area (TPSA) is 55.1 Å². The summed E-state index contributed by atoms with van der Waals surface area (Å²) in [7, 11) is 0. The molecule has 4 aromatic carbocycles. The first-order chi connectivity index (χ1) is 15.8. The minimum Gasteiger partial charge on any atom is -0.454 e. The maximum atomic E-state index is 13.5. The molecule has 2 aromatic heterocycles. The number of pyridine rings is 1. The second kappa shape index (κ2) is 7.36. The van der Waals surface area contributed by atoms with Gasteiger partial charge in [0.05, 0.1) is 11.1 Å². The van der Waals surface area contributed by atoms with Gasteiger partial charge >= 0.3 is 0 Å². The molecule has 1 N–H and O–H groups in total. The molecular weight excluding hydrogens is 396 g/mol. The summed E-state index contributed by atoms with van der Waals surface area (Å²) in [5, 5.41) is 6.97. The van der Waals surface area contributed by atoms with Crippen molar-refractivity contribution in [3.05, 3.63) is 109 Å². The number of furan rings is 1. The zero-order valence-electron chi connectivity index (χ0n) is 17.1. The van der Waals surface area contributed by atoms with Crippen molar-refractivity contribution in [1.29, 1.82) is 0 Å². The predicted molar refractivity (Wildman–Crippen MR) is 129 cm³/mol. The molecule has 4 nitrogen and oxygen atoms in total. The SMILES string of the molecule is O=C(Nc1cccc2ccccc12)c1cc(-c2cc3ccccc3o2)nc2ccccc12. The molecule has 6 aromatic rings. The normalized spacial score (nSPS) is 11.2. The number of nitrogens with zero attached hydrogens (tertiary/aromatic N) is 1. The number of para-hydroxylation sites is 2. The van der Waals surface area contributed by atoms with Gasteiger partial charge in [-0.1, -0.05) is 72.8 Å². The van der Waals surface area contributed by atoms with Crippen LogP contribution < -0.4 is 5.32 Å². The van der Waals surface area contributed by atoms with Crippen molar-refractivity contribution in [2.75, 3.05) is 5.32 Å². The van der Waals surface area contributed by atoms with E-state index in [2.05, 4.69) is 5.32 Å². The molecule has 0 aliphatic carbocycles. The van der Waals surface area contributed by atoms with Crippen LogP contribution in [-0.2, 0) is 0 Å². The molecular formula is C28H18N2O2. The Morgan fingerprint density at radius 1 is 0.719 bits per heavy atom. The molecule has 32 heavy (non-hydrogen) atoms. The molecule has 1 amide bonds. The Balaban J connectivity index is 1.48. The van der Waals surface area contributed by atoms with E-state index in [1.165, 1.54) is 0 Å². The molecule has 0 atom stereocenters. The third-order valence-corrected chi connectivity index (χ3v) is 5.68. The number of aromatic nitrogens is 1. The summed E-state index contributed by atoms with van der Waals surface area (Å²) in [5.74, 6) is 0.452. The number of benzene rings is 4. The van der Waals surface area contributed by atoms with Crippen LogP contribution in [0, 0.1) is 0 Å². The minimum absolute atomic E-state index is 0.183. The monoisotopic (exact) mass is 414 g/mol. The fourth-order valence-electron chi connectivity index (χ4n) is 4.12. The van der Waals surface area contributed by atoms with E-state index < -0.39 is 0 Å². The third kappa shape index (κ3) is 3.10. The highest BCUT2D eigenvalue weighted by atomic mass is 16.3. The summed E-state index contributed by atoms with van der Waals surface area (Å²) in [6.45, 7) is 0. The number of carbonyl (C=O) groups is 1. The van der Waals surface area contributed by atoms with E-state index in [9.17, 15) is 4.79 Å². The van der Waals surface area contributed by atoms with E-state index in [1.807, 2.05) is 97.1 Å². The van der Waals surface area contributed by atoms with Gasteiger partial charge in [-0.05, 0) is 35.7 Å². The van der Waals surface area contributed by atoms with Crippen LogP contribution in [0.25, 0.3) is 44.1 Å². The van der Waals surface area contributed by atoms with E-state index in [0.717, 1.165) is 38.3 Å². The molecule has 0 spiro atoms. The Morgan fingerprint density at radius 2 is 1.44 bits per heavy atom. The maximum Gasteiger partial charge on any atom is 0.256 e. The Morgan fingerprint density at radius 3 is 2.31 bits per heavy atom. The molecule has 0 aliphatic heterocycles. The highest BCUT2D eigenvalue weighted by Gasteiger charge is 2.17. The first kappa shape index (κ1) is 18.3. The number of anilines is 1. The lowest BCUT2D eigenvalue weighted by Gasteiger charge is -2.11. The number of amides is 1. The van der Waals surface area contributed by atoms with Crippen molar-refractivity contribution in [3.63, 3.8) is 0 Å². The third-order valence-electron chi connectivity index (χ3n) is 5.68. The number of nitrogens with one attached hydrogen (secondary N) is 1. The fourth-order valence-corrected chi connectivity index (χ4v) is 4.12. The molecule has 0 saturated carbocycles. The van der Waals surface area contributed by atoms with Crippen molar-refractivity contribution >= 4 is 44.2 Å². The average Bonchev–Trinajstić information content (AvgIpc) is 3.28. The second-order valence-corrected chi connectivity index (χ2v) is 7.70. The van der Waals surface area contributed by atoms with Gasteiger partial charge in [-0.2, -0.15) is 0 Å². The molecule has 2 heterocycles. The van der Waals surface area contributed by atoms with Crippen LogP contribution in [0.3, 0.4) is 0 Å². The van der Waals surface area contributed by atoms with Gasteiger partial charge in [-0.25, -0.2) is 4.98 Å². The van der Waals surface area contributed by atoms with Crippen molar-refractivity contribution < 1.29 is 9.21 Å². The summed E-state index contributed by atoms with van der Waals surface area (Å²) >= 11 is 0. The summed E-state index contributed by atoms with van der Waals surface area (Å²) in [6, 6.07) is 33.2. The van der Waals surface area contributed by atoms with Gasteiger partial charge in [-0.15, -0.1) is 0 Å². The van der Waals surface area contributed by atoms with Gasteiger partial charge in [0.2, 0.25) is 0 Å². The van der Waals surface area contributed by atoms with Crippen LogP contribution in [0.1, 0.15) is 10.4 Å². The van der Waals surface area contributed by atoms with Gasteiger partial charge in [0, 0.05) is 21.8 Å². The van der Waals surface area contributed by atoms with Crippen LogP contribution in [-0.4, -0.2) is 10.9 Å². The molecule has 0 fully saturated rings. The van der Waals surface area contributed by atoms with E-state index in [-0.39, 0.29) is 5.91 Å². The standard InChI is InChI=1S/C28H18N2O2/c31-28(30-23-14-7-10-18-8-1-3-11-20(18)23)22-17-25(29-24-13-5-4-12-21(22)24)27-16-19-9-2-6-15-26(19)32-27/h1-17H,(H,30,31). The van der Waals surface area contributed by atoms with Crippen molar-refractivity contribution in [2.24, 2.45) is 0 Å². The zero-order valence-corrected chi connectivity index (χ0v) is 17.1. The van der Waals surface area contributed by atoms with Crippen LogP contribution in [0.5, 0.6) is 0 Å². The molecule has 0 aliphatic rings. The first-order valence-electron chi connectivity index (χ1n) is 10.4. The lowest BCUT2D eigenvalue weighted by Crippen LogP contribution is -2.13. The summed E-state index contributed by atoms with van der Waals surface area (Å²) < 4.78 is 6.02. The van der Waals surface area contributed by atoms with Crippen LogP contribution >= 0.6 is 0 Å². The second-order valence-electron chi connectivity index (χ2n) is 7.70. The summed E-state index contributed by atoms with van der Waals surface area (Å²) in [6.07, 6.45) is 0. The number of carbonyl (C=O) groups excluding carboxylic acids is 1. The van der Waals surface area contributed by atoms with E-state index in [1.54, 1.807) is 6.07 Å². The molecule has 0 unspecified atom stereocenters. The van der Waals surface area contributed by atoms with Crippen molar-refractivity contribution in [2.45, 2.75) is 0 Å². The lowest BCUT2D eigenvalue weighted by atomic mass is 10.0. The highest BCUT2D eigenvalue weighted by molar-refractivity contribution is 6.15. The van der Waals surface area contributed by atoms with Gasteiger partial charge in [0.1, 0.15) is 11.3 Å². The minimum atomic E-state index is -0.183. The first-order valence-corrected chi connectivity index (χ1v) is 10.4. The number of hydrogen-bond donors (Lipinski definition) is 1. The molecule has 152 valence electrons. The molecule has 4 heteroatoms. The smallest absolute Gasteiger partial charge is 0.256 e. The van der Waals surface area contributed by atoms with Crippen LogP contribution in [0.2, 0.25) is 0 Å². The largest absolute Gasteiger partial charge is 0.454 e. The summed E-state index contributed by atoms with van der Waals surface area (Å²) in [4.78, 5) is 18.2. The fraction of sp³-hybridized carbons (Fsp3) is 0. The number of hydrogen-bond acceptors (Lipinski definition) is 3. The van der Waals surface area contributed by atoms with Crippen molar-refractivity contribution in [3.8, 4) is 11.5 Å². The molecule has 0 saturated heterocycles. The Kier molecular flexibility index (Phi) is 4.22. The van der Waals surface area contributed by atoms with E-state index in [4.69, 9.17) is 9.40 Å². The van der Waals surface area contributed by atoms with Gasteiger partial charge < -0.3 is 9.73 Å². The quantitative estimate of drug-likeness (QED) is 0.337. The molecule has 6 rings (SSSR count). The lowest BCUT2D eigenvalue weighted by molar-refractivity contribution is 0.102. The van der Waals surface area contributed by atoms with E-state index >= 15 is 0 Å². The Bertz CT molecular complexity index is 1590. The van der Waals surface area contributed by atoms with Crippen LogP contribution in [0.4, 0.5) is 5.69 Å². The highest BCUT2D eigenvalue weighted by Crippen LogP contribution is 2.31. The van der Waals surface area contributed by atoms with Gasteiger partial charge in [-0.3, -0.25) is 4.79 Å². The Hall–Kier alpha value is -4.44. The predicted octanol–water partition coefficient (Wildman–Crippen LogP) is 7.05. The maximum absolute atomic E-state index is 13.5. The number of fused-ring (bicyclic) bond motifs is 3. The average molecular weight is 414 g/mol.